The third kappa shape index (κ3) is 5.18. The predicted molar refractivity (Wildman–Crippen MR) is 89.8 cm³/mol. The fraction of sp³-hybridized carbons (Fsp3) is 0.316. The molecule has 0 bridgehead atoms. The number of ether oxygens (including phenoxy) is 1. The van der Waals surface area contributed by atoms with E-state index in [1.165, 1.54) is 6.07 Å². The van der Waals surface area contributed by atoms with E-state index in [0.717, 1.165) is 29.7 Å². The molecule has 2 rings (SSSR count). The molecule has 0 aromatic heterocycles. The topological polar surface area (TPSA) is 30.8 Å². The Bertz CT molecular complexity index is 641. The monoisotopic (exact) mass is 315 g/mol. The lowest BCUT2D eigenvalue weighted by Gasteiger charge is -2.08. The van der Waals surface area contributed by atoms with Crippen molar-refractivity contribution >= 4 is 5.71 Å². The third-order valence-electron chi connectivity index (χ3n) is 3.42. The van der Waals surface area contributed by atoms with E-state index >= 15 is 0 Å². The quantitative estimate of drug-likeness (QED) is 0.522. The second-order valence-corrected chi connectivity index (χ2v) is 5.29. The number of oxime groups is 1. The molecule has 2 aromatic carbocycles. The Labute approximate surface area is 136 Å². The summed E-state index contributed by atoms with van der Waals surface area (Å²) in [6, 6.07) is 14.9. The van der Waals surface area contributed by atoms with E-state index < -0.39 is 0 Å². The number of hydrogen-bond acceptors (Lipinski definition) is 3. The fourth-order valence-electron chi connectivity index (χ4n) is 2.24. The Morgan fingerprint density at radius 2 is 1.87 bits per heavy atom. The fourth-order valence-corrected chi connectivity index (χ4v) is 2.24. The van der Waals surface area contributed by atoms with E-state index in [1.807, 2.05) is 36.4 Å². The van der Waals surface area contributed by atoms with Gasteiger partial charge in [0.25, 0.3) is 0 Å². The van der Waals surface area contributed by atoms with E-state index in [2.05, 4.69) is 12.1 Å². The van der Waals surface area contributed by atoms with Crippen molar-refractivity contribution in [1.82, 2.24) is 0 Å². The van der Waals surface area contributed by atoms with Crippen LogP contribution >= 0.6 is 0 Å². The third-order valence-corrected chi connectivity index (χ3v) is 3.42. The number of halogens is 1. The molecule has 0 fully saturated rings. The Morgan fingerprint density at radius 3 is 2.52 bits per heavy atom. The summed E-state index contributed by atoms with van der Waals surface area (Å²) in [5, 5.41) is 4.21. The Kier molecular flexibility index (Phi) is 6.76. The molecular weight excluding hydrogens is 293 g/mol. The van der Waals surface area contributed by atoms with Gasteiger partial charge in [0.15, 0.2) is 0 Å². The molecule has 4 heteroatoms. The normalized spacial score (nSPS) is 11.5. The summed E-state index contributed by atoms with van der Waals surface area (Å²) in [6.07, 6.45) is 1.65. The summed E-state index contributed by atoms with van der Waals surface area (Å²) in [7, 11) is 1.55. The Morgan fingerprint density at radius 1 is 1.09 bits per heavy atom. The van der Waals surface area contributed by atoms with Crippen LogP contribution in [0, 0.1) is 5.82 Å². The Balaban J connectivity index is 2.10. The average Bonchev–Trinajstić information content (AvgIpc) is 2.57. The number of hydrogen-bond donors (Lipinski definition) is 0. The lowest BCUT2D eigenvalue weighted by Crippen LogP contribution is -2.04. The molecule has 2 aromatic rings. The van der Waals surface area contributed by atoms with Gasteiger partial charge >= 0.3 is 0 Å². The average molecular weight is 315 g/mol. The maximum absolute atomic E-state index is 14.0. The first-order valence-electron chi connectivity index (χ1n) is 7.75. The van der Waals surface area contributed by atoms with Gasteiger partial charge in [-0.05, 0) is 18.1 Å². The first-order chi connectivity index (χ1) is 11.2. The van der Waals surface area contributed by atoms with Crippen molar-refractivity contribution < 1.29 is 14.0 Å². The van der Waals surface area contributed by atoms with E-state index in [-0.39, 0.29) is 12.4 Å². The van der Waals surface area contributed by atoms with Crippen LogP contribution in [0.2, 0.25) is 0 Å². The molecule has 3 nitrogen and oxygen atoms in total. The number of rotatable bonds is 8. The van der Waals surface area contributed by atoms with Crippen LogP contribution in [0.1, 0.15) is 36.5 Å². The van der Waals surface area contributed by atoms with Crippen molar-refractivity contribution in [2.24, 2.45) is 5.16 Å². The zero-order valence-corrected chi connectivity index (χ0v) is 13.6. The van der Waals surface area contributed by atoms with Gasteiger partial charge in [0.1, 0.15) is 12.4 Å². The van der Waals surface area contributed by atoms with Crippen molar-refractivity contribution in [3.8, 4) is 0 Å². The standard InChI is InChI=1S/C19H22FNO2/c1-3-7-19(21-23-13-15-8-5-4-6-9-15)16-10-11-17(14-22-2)18(20)12-16/h4-6,8-12H,3,7,13-14H2,1-2H3. The number of methoxy groups -OCH3 is 1. The molecule has 0 saturated heterocycles. The van der Waals surface area contributed by atoms with Crippen LogP contribution in [-0.4, -0.2) is 12.8 Å². The molecule has 0 heterocycles. The van der Waals surface area contributed by atoms with Crippen molar-refractivity contribution in [2.45, 2.75) is 33.0 Å². The molecule has 0 aliphatic rings. The van der Waals surface area contributed by atoms with Gasteiger partial charge in [0.2, 0.25) is 0 Å². The molecule has 0 saturated carbocycles. The van der Waals surface area contributed by atoms with Gasteiger partial charge in [-0.25, -0.2) is 4.39 Å². The molecule has 0 radical (unpaired) electrons. The number of benzene rings is 2. The van der Waals surface area contributed by atoms with E-state index in [1.54, 1.807) is 13.2 Å². The molecule has 0 atom stereocenters. The summed E-state index contributed by atoms with van der Waals surface area (Å²) >= 11 is 0. The van der Waals surface area contributed by atoms with Gasteiger partial charge in [0.05, 0.1) is 12.3 Å². The minimum absolute atomic E-state index is 0.261. The minimum atomic E-state index is -0.281. The zero-order chi connectivity index (χ0) is 16.5. The van der Waals surface area contributed by atoms with Crippen molar-refractivity contribution in [3.05, 3.63) is 71.0 Å². The SMILES string of the molecule is CCCC(=NOCc1ccccc1)c1ccc(COC)c(F)c1. The van der Waals surface area contributed by atoms with Crippen molar-refractivity contribution in [2.75, 3.05) is 7.11 Å². The summed E-state index contributed by atoms with van der Waals surface area (Å²) in [5.41, 5.74) is 3.09. The second-order valence-electron chi connectivity index (χ2n) is 5.29. The highest BCUT2D eigenvalue weighted by atomic mass is 19.1. The molecule has 0 amide bonds. The zero-order valence-electron chi connectivity index (χ0n) is 13.6. The summed E-state index contributed by atoms with van der Waals surface area (Å²) < 4.78 is 19.0. The molecule has 0 unspecified atom stereocenters. The van der Waals surface area contributed by atoms with Gasteiger partial charge in [-0.15, -0.1) is 0 Å². The van der Waals surface area contributed by atoms with Gasteiger partial charge in [-0.1, -0.05) is 61.0 Å². The largest absolute Gasteiger partial charge is 0.391 e. The van der Waals surface area contributed by atoms with Gasteiger partial charge < -0.3 is 9.57 Å². The van der Waals surface area contributed by atoms with E-state index in [0.29, 0.717) is 12.2 Å². The van der Waals surface area contributed by atoms with Crippen LogP contribution in [0.25, 0.3) is 0 Å². The highest BCUT2D eigenvalue weighted by Crippen LogP contribution is 2.15. The molecule has 122 valence electrons. The molecular formula is C19H22FNO2. The van der Waals surface area contributed by atoms with Crippen LogP contribution in [0.3, 0.4) is 0 Å². The molecule has 0 aliphatic carbocycles. The van der Waals surface area contributed by atoms with Crippen LogP contribution in [0.4, 0.5) is 4.39 Å². The number of nitrogens with zero attached hydrogens (tertiary/aromatic N) is 1. The highest BCUT2D eigenvalue weighted by Gasteiger charge is 2.09. The van der Waals surface area contributed by atoms with Gasteiger partial charge in [-0.3, -0.25) is 0 Å². The highest BCUT2D eigenvalue weighted by molar-refractivity contribution is 6.00. The van der Waals surface area contributed by atoms with Crippen LogP contribution in [0.15, 0.2) is 53.7 Å². The lowest BCUT2D eigenvalue weighted by molar-refractivity contribution is 0.130. The summed E-state index contributed by atoms with van der Waals surface area (Å²) in [5.74, 6) is -0.281. The molecule has 0 spiro atoms. The lowest BCUT2D eigenvalue weighted by atomic mass is 10.0. The maximum atomic E-state index is 14.0. The summed E-state index contributed by atoms with van der Waals surface area (Å²) in [4.78, 5) is 5.45. The van der Waals surface area contributed by atoms with Crippen molar-refractivity contribution in [3.63, 3.8) is 0 Å². The minimum Gasteiger partial charge on any atom is -0.391 e. The first kappa shape index (κ1) is 17.2. The molecule has 0 N–H and O–H groups in total. The molecule has 23 heavy (non-hydrogen) atoms. The first-order valence-corrected chi connectivity index (χ1v) is 7.75. The maximum Gasteiger partial charge on any atom is 0.142 e. The van der Waals surface area contributed by atoms with Gasteiger partial charge in [-0.2, -0.15) is 0 Å². The second kappa shape index (κ2) is 9.06. The van der Waals surface area contributed by atoms with Crippen LogP contribution in [-0.2, 0) is 22.8 Å². The summed E-state index contributed by atoms with van der Waals surface area (Å²) in [6.45, 7) is 2.72. The van der Waals surface area contributed by atoms with Crippen LogP contribution < -0.4 is 0 Å². The van der Waals surface area contributed by atoms with Gasteiger partial charge in [0, 0.05) is 18.2 Å². The smallest absolute Gasteiger partial charge is 0.142 e. The van der Waals surface area contributed by atoms with Crippen molar-refractivity contribution in [1.29, 1.82) is 0 Å². The molecule has 0 aliphatic heterocycles. The van der Waals surface area contributed by atoms with Crippen LogP contribution in [0.5, 0.6) is 0 Å². The Hall–Kier alpha value is -2.20. The predicted octanol–water partition coefficient (Wildman–Crippen LogP) is 4.69. The van der Waals surface area contributed by atoms with E-state index in [9.17, 15) is 4.39 Å². The van der Waals surface area contributed by atoms with E-state index in [4.69, 9.17) is 9.57 Å².